The quantitative estimate of drug-likeness (QED) is 0.510. The number of aromatic nitrogens is 1. The summed E-state index contributed by atoms with van der Waals surface area (Å²) in [5.74, 6) is 1.76. The van der Waals surface area contributed by atoms with E-state index in [-0.39, 0.29) is 5.78 Å². The first-order valence-electron chi connectivity index (χ1n) is 11.1. The number of carbonyl (C=O) groups is 1. The van der Waals surface area contributed by atoms with E-state index in [0.29, 0.717) is 41.7 Å². The number of hydrogen-bond acceptors (Lipinski definition) is 6. The van der Waals surface area contributed by atoms with Gasteiger partial charge in [-0.3, -0.25) is 9.69 Å². The summed E-state index contributed by atoms with van der Waals surface area (Å²) in [7, 11) is 1.60. The number of methoxy groups -OCH3 is 1. The summed E-state index contributed by atoms with van der Waals surface area (Å²) in [4.78, 5) is 14.2. The van der Waals surface area contributed by atoms with Gasteiger partial charge in [-0.15, -0.1) is 0 Å². The van der Waals surface area contributed by atoms with Gasteiger partial charge in [0.1, 0.15) is 6.61 Å². The largest absolute Gasteiger partial charge is 0.493 e. The number of hydrogen-bond donors (Lipinski definition) is 0. The van der Waals surface area contributed by atoms with Crippen molar-refractivity contribution < 1.29 is 18.8 Å². The topological polar surface area (TPSA) is 64.8 Å². The van der Waals surface area contributed by atoms with Crippen molar-refractivity contribution in [3.05, 3.63) is 53.7 Å². The number of ether oxygens (including phenoxy) is 2. The Morgan fingerprint density at radius 1 is 1.13 bits per heavy atom. The van der Waals surface area contributed by atoms with Gasteiger partial charge in [-0.2, -0.15) is 0 Å². The van der Waals surface area contributed by atoms with E-state index >= 15 is 0 Å². The number of piperidine rings is 1. The molecule has 5 rings (SSSR count). The van der Waals surface area contributed by atoms with E-state index in [0.717, 1.165) is 36.0 Å². The molecule has 31 heavy (non-hydrogen) atoms. The Balaban J connectivity index is 1.22. The molecule has 0 N–H and O–H groups in total. The van der Waals surface area contributed by atoms with Crippen LogP contribution in [-0.4, -0.2) is 48.2 Å². The molecular weight excluding hydrogens is 392 g/mol. The first kappa shape index (κ1) is 20.1. The summed E-state index contributed by atoms with van der Waals surface area (Å²) in [6.07, 6.45) is 4.69. The predicted octanol–water partition coefficient (Wildman–Crippen LogP) is 4.83. The Bertz CT molecular complexity index is 1080. The maximum atomic E-state index is 11.6. The lowest BCUT2D eigenvalue weighted by atomic mass is 9.87. The summed E-state index contributed by atoms with van der Waals surface area (Å²) >= 11 is 0. The smallest absolute Gasteiger partial charge is 0.167 e. The van der Waals surface area contributed by atoms with Crippen molar-refractivity contribution in [3.8, 4) is 11.5 Å². The summed E-state index contributed by atoms with van der Waals surface area (Å²) in [5, 5.41) is 5.58. The first-order valence-corrected chi connectivity index (χ1v) is 11.1. The van der Waals surface area contributed by atoms with Gasteiger partial charge >= 0.3 is 0 Å². The molecule has 3 aromatic rings. The van der Waals surface area contributed by atoms with E-state index in [1.807, 2.05) is 18.2 Å². The van der Waals surface area contributed by atoms with Crippen LogP contribution in [0.25, 0.3) is 11.0 Å². The molecule has 6 nitrogen and oxygen atoms in total. The van der Waals surface area contributed by atoms with E-state index in [1.165, 1.54) is 12.8 Å². The summed E-state index contributed by atoms with van der Waals surface area (Å²) in [5.41, 5.74) is 2.63. The minimum atomic E-state index is 0.0178. The van der Waals surface area contributed by atoms with E-state index in [1.54, 1.807) is 26.2 Å². The number of carbonyl (C=O) groups excluding carboxylic acids is 1. The standard InChI is InChI=1S/C25H28N2O4/c1-16(28)17-7-10-23(24(15-17)29-2)30-12-11-27-19-8-9-20(27)14-18(13-19)25-21-5-3-4-6-22(21)31-26-25/h3-7,10,15,18-20H,8-9,11-14H2,1-2H3. The second-order valence-electron chi connectivity index (χ2n) is 8.63. The number of fused-ring (bicyclic) bond motifs is 3. The van der Waals surface area contributed by atoms with Crippen molar-refractivity contribution in [2.75, 3.05) is 20.3 Å². The zero-order valence-electron chi connectivity index (χ0n) is 18.0. The molecular formula is C25H28N2O4. The van der Waals surface area contributed by atoms with Gasteiger partial charge in [0.25, 0.3) is 0 Å². The van der Waals surface area contributed by atoms with Crippen LogP contribution in [0.5, 0.6) is 11.5 Å². The molecule has 2 aromatic carbocycles. The number of benzene rings is 2. The highest BCUT2D eigenvalue weighted by Crippen LogP contribution is 2.44. The number of nitrogens with zero attached hydrogens (tertiary/aromatic N) is 2. The van der Waals surface area contributed by atoms with Gasteiger partial charge in [-0.25, -0.2) is 0 Å². The van der Waals surface area contributed by atoms with Gasteiger partial charge in [0.2, 0.25) is 0 Å². The van der Waals surface area contributed by atoms with E-state index in [2.05, 4.69) is 22.2 Å². The van der Waals surface area contributed by atoms with Crippen molar-refractivity contribution in [2.24, 2.45) is 0 Å². The van der Waals surface area contributed by atoms with Crippen molar-refractivity contribution in [3.63, 3.8) is 0 Å². The van der Waals surface area contributed by atoms with Crippen molar-refractivity contribution >= 4 is 16.8 Å². The normalized spacial score (nSPS) is 23.2. The van der Waals surface area contributed by atoms with Crippen LogP contribution >= 0.6 is 0 Å². The maximum Gasteiger partial charge on any atom is 0.167 e. The van der Waals surface area contributed by atoms with E-state index in [9.17, 15) is 4.79 Å². The second-order valence-corrected chi connectivity index (χ2v) is 8.63. The molecule has 2 saturated heterocycles. The lowest BCUT2D eigenvalue weighted by Crippen LogP contribution is -2.44. The molecule has 0 amide bonds. The van der Waals surface area contributed by atoms with Gasteiger partial charge in [-0.1, -0.05) is 17.3 Å². The molecule has 2 bridgehead atoms. The Morgan fingerprint density at radius 3 is 2.65 bits per heavy atom. The monoisotopic (exact) mass is 420 g/mol. The van der Waals surface area contributed by atoms with Crippen LogP contribution in [0.3, 0.4) is 0 Å². The average molecular weight is 421 g/mol. The molecule has 0 aliphatic carbocycles. The molecule has 2 aliphatic heterocycles. The zero-order valence-corrected chi connectivity index (χ0v) is 18.0. The van der Waals surface area contributed by atoms with Crippen LogP contribution in [0.4, 0.5) is 0 Å². The highest BCUT2D eigenvalue weighted by molar-refractivity contribution is 5.94. The Hall–Kier alpha value is -2.86. The third-order valence-electron chi connectivity index (χ3n) is 6.85. The lowest BCUT2D eigenvalue weighted by molar-refractivity contribution is 0.101. The van der Waals surface area contributed by atoms with Crippen LogP contribution in [0, 0.1) is 0 Å². The Kier molecular flexibility index (Phi) is 5.40. The van der Waals surface area contributed by atoms with Gasteiger partial charge < -0.3 is 14.0 Å². The van der Waals surface area contributed by atoms with Crippen LogP contribution < -0.4 is 9.47 Å². The van der Waals surface area contributed by atoms with Crippen LogP contribution in [0.15, 0.2) is 47.0 Å². The molecule has 162 valence electrons. The SMILES string of the molecule is COc1cc(C(C)=O)ccc1OCCN1C2CCC1CC(c1noc3ccccc13)C2. The van der Waals surface area contributed by atoms with Gasteiger partial charge in [0.05, 0.1) is 12.8 Å². The summed E-state index contributed by atoms with van der Waals surface area (Å²) < 4.78 is 17.0. The zero-order chi connectivity index (χ0) is 21.4. The summed E-state index contributed by atoms with van der Waals surface area (Å²) in [6, 6.07) is 14.6. The average Bonchev–Trinajstić information content (AvgIpc) is 3.31. The molecule has 2 aliphatic rings. The third kappa shape index (κ3) is 3.81. The van der Waals surface area contributed by atoms with Gasteiger partial charge in [0, 0.05) is 35.5 Å². The van der Waals surface area contributed by atoms with Crippen molar-refractivity contribution in [1.82, 2.24) is 10.1 Å². The molecule has 0 saturated carbocycles. The fourth-order valence-electron chi connectivity index (χ4n) is 5.33. The van der Waals surface area contributed by atoms with Crippen LogP contribution in [-0.2, 0) is 0 Å². The number of Topliss-reactive ketones (excluding diaryl/α,β-unsaturated/α-hetero) is 1. The third-order valence-corrected chi connectivity index (χ3v) is 6.85. The fraction of sp³-hybridized carbons (Fsp3) is 0.440. The lowest BCUT2D eigenvalue weighted by Gasteiger charge is -2.38. The molecule has 2 unspecified atom stereocenters. The predicted molar refractivity (Wildman–Crippen MR) is 118 cm³/mol. The highest BCUT2D eigenvalue weighted by atomic mass is 16.5. The Labute approximate surface area is 182 Å². The van der Waals surface area contributed by atoms with Crippen LogP contribution in [0.1, 0.15) is 54.6 Å². The molecule has 2 atom stereocenters. The fourth-order valence-corrected chi connectivity index (χ4v) is 5.33. The van der Waals surface area contributed by atoms with Gasteiger partial charge in [0.15, 0.2) is 22.9 Å². The van der Waals surface area contributed by atoms with E-state index < -0.39 is 0 Å². The summed E-state index contributed by atoms with van der Waals surface area (Å²) in [6.45, 7) is 3.04. The van der Waals surface area contributed by atoms with Crippen molar-refractivity contribution in [2.45, 2.75) is 50.6 Å². The Morgan fingerprint density at radius 2 is 1.90 bits per heavy atom. The minimum absolute atomic E-state index is 0.0178. The number of ketones is 1. The molecule has 1 aromatic heterocycles. The molecule has 0 radical (unpaired) electrons. The van der Waals surface area contributed by atoms with Gasteiger partial charge in [-0.05, 0) is 62.9 Å². The maximum absolute atomic E-state index is 11.6. The molecule has 0 spiro atoms. The molecule has 2 fully saturated rings. The molecule has 3 heterocycles. The second kappa shape index (κ2) is 8.35. The minimum Gasteiger partial charge on any atom is -0.493 e. The van der Waals surface area contributed by atoms with E-state index in [4.69, 9.17) is 14.0 Å². The first-order chi connectivity index (χ1) is 15.1. The van der Waals surface area contributed by atoms with Crippen LogP contribution in [0.2, 0.25) is 0 Å². The number of rotatable bonds is 7. The highest BCUT2D eigenvalue weighted by Gasteiger charge is 2.42. The number of para-hydroxylation sites is 1. The van der Waals surface area contributed by atoms with Crippen molar-refractivity contribution in [1.29, 1.82) is 0 Å². The molecule has 6 heteroatoms.